The number of ketones is 1. The molecule has 1 N–H and O–H groups in total. The van der Waals surface area contributed by atoms with E-state index in [1.54, 1.807) is 25.1 Å². The highest BCUT2D eigenvalue weighted by Gasteiger charge is 2.51. The molecule has 0 bridgehead atoms. The number of thioether (sulfide) groups is 1. The molecule has 2 aromatic carbocycles. The van der Waals surface area contributed by atoms with E-state index in [2.05, 4.69) is 4.90 Å². The summed E-state index contributed by atoms with van der Waals surface area (Å²) in [5, 5.41) is 8.70. The molecule has 0 aromatic heterocycles. The average molecular weight is 673 g/mol. The smallest absolute Gasteiger partial charge is 0.385 e. The normalized spacial score (nSPS) is 24.2. The second-order valence-corrected chi connectivity index (χ2v) is 16.9. The summed E-state index contributed by atoms with van der Waals surface area (Å²) in [6.45, 7) is 9.81. The van der Waals surface area contributed by atoms with Crippen molar-refractivity contribution in [3.63, 3.8) is 0 Å². The van der Waals surface area contributed by atoms with Crippen LogP contribution in [0.2, 0.25) is 0 Å². The number of phenolic OH excluding ortho intramolecular Hbond substituents is 1. The van der Waals surface area contributed by atoms with Crippen molar-refractivity contribution in [2.24, 2.45) is 5.92 Å². The van der Waals surface area contributed by atoms with Crippen molar-refractivity contribution in [1.82, 2.24) is 9.21 Å². The van der Waals surface area contributed by atoms with Gasteiger partial charge < -0.3 is 18.9 Å². The van der Waals surface area contributed by atoms with E-state index in [0.717, 1.165) is 48.1 Å². The molecule has 3 aliphatic rings. The van der Waals surface area contributed by atoms with Crippen LogP contribution in [-0.4, -0.2) is 78.6 Å². The van der Waals surface area contributed by atoms with Crippen molar-refractivity contribution in [2.75, 3.05) is 33.2 Å². The van der Waals surface area contributed by atoms with Crippen molar-refractivity contribution in [3.05, 3.63) is 53.1 Å². The van der Waals surface area contributed by atoms with E-state index < -0.39 is 32.5 Å². The van der Waals surface area contributed by atoms with E-state index in [9.17, 15) is 23.1 Å². The van der Waals surface area contributed by atoms with Crippen molar-refractivity contribution in [3.8, 4) is 11.5 Å². The van der Waals surface area contributed by atoms with Gasteiger partial charge in [0.25, 0.3) is 0 Å². The number of phenols is 1. The van der Waals surface area contributed by atoms with Gasteiger partial charge in [0, 0.05) is 37.5 Å². The Hall–Kier alpha value is -2.60. The third-order valence-corrected chi connectivity index (χ3v) is 12.4. The number of cyclic esters (lactones) is 1. The quantitative estimate of drug-likeness (QED) is 0.261. The van der Waals surface area contributed by atoms with Gasteiger partial charge in [-0.1, -0.05) is 52.2 Å². The Morgan fingerprint density at radius 1 is 1.02 bits per heavy atom. The number of aryl methyl sites for hydroxylation is 2. The standard InChI is InChI=1S/C35H48N2O7S2/c1-24-21-31(28(34(2,3)4)22-30(24)44-46(41,42)37-19-17-36(5)18-20-37)45-32-29(39)23-35(43-33(32)40,26-9-7-6-8-10-26)16-15-25-11-13-27(38)14-12-25/h11-14,21-22,26,32,38H,6-10,15-20,23H2,1-5H3. The van der Waals surface area contributed by atoms with Crippen LogP contribution in [0, 0.1) is 12.8 Å². The number of carbonyl (C=O) groups is 2. The van der Waals surface area contributed by atoms with Crippen LogP contribution in [0.5, 0.6) is 11.5 Å². The minimum atomic E-state index is -3.99. The van der Waals surface area contributed by atoms with Crippen LogP contribution in [0.1, 0.15) is 82.4 Å². The summed E-state index contributed by atoms with van der Waals surface area (Å²) in [5.41, 5.74) is 1.15. The Morgan fingerprint density at radius 3 is 2.28 bits per heavy atom. The third kappa shape index (κ3) is 7.91. The molecule has 2 saturated heterocycles. The maximum atomic E-state index is 14.0. The van der Waals surface area contributed by atoms with E-state index in [-0.39, 0.29) is 29.6 Å². The minimum absolute atomic E-state index is 0.128. The first-order valence-corrected chi connectivity index (χ1v) is 18.6. The summed E-state index contributed by atoms with van der Waals surface area (Å²) < 4.78 is 39.8. The Balaban J connectivity index is 1.37. The van der Waals surface area contributed by atoms with Crippen LogP contribution in [0.4, 0.5) is 0 Å². The molecule has 2 unspecified atom stereocenters. The molecule has 252 valence electrons. The molecule has 1 saturated carbocycles. The van der Waals surface area contributed by atoms with E-state index in [0.29, 0.717) is 44.6 Å². The molecule has 1 aliphatic carbocycles. The molecule has 0 spiro atoms. The van der Waals surface area contributed by atoms with Crippen LogP contribution in [0.3, 0.4) is 0 Å². The number of rotatable bonds is 9. The predicted molar refractivity (Wildman–Crippen MR) is 180 cm³/mol. The monoisotopic (exact) mass is 672 g/mol. The number of benzene rings is 2. The number of esters is 1. The van der Waals surface area contributed by atoms with Crippen molar-refractivity contribution >= 4 is 33.8 Å². The number of carbonyl (C=O) groups excluding carboxylic acids is 2. The lowest BCUT2D eigenvalue weighted by Gasteiger charge is -2.45. The number of hydrogen-bond donors (Lipinski definition) is 1. The molecule has 11 heteroatoms. The Bertz CT molecular complexity index is 1500. The van der Waals surface area contributed by atoms with Crippen LogP contribution < -0.4 is 4.18 Å². The van der Waals surface area contributed by atoms with Gasteiger partial charge in [-0.15, -0.1) is 11.8 Å². The topological polar surface area (TPSA) is 113 Å². The van der Waals surface area contributed by atoms with E-state index in [1.807, 2.05) is 46.0 Å². The fourth-order valence-corrected chi connectivity index (χ4v) is 9.35. The molecule has 0 radical (unpaired) electrons. The van der Waals surface area contributed by atoms with E-state index in [1.165, 1.54) is 16.1 Å². The zero-order valence-corrected chi connectivity index (χ0v) is 29.3. The molecule has 2 heterocycles. The highest BCUT2D eigenvalue weighted by molar-refractivity contribution is 8.01. The van der Waals surface area contributed by atoms with Gasteiger partial charge in [-0.05, 0) is 91.9 Å². The summed E-state index contributed by atoms with van der Waals surface area (Å²) in [6, 6.07) is 10.6. The molecular formula is C35H48N2O7S2. The fourth-order valence-electron chi connectivity index (χ4n) is 6.88. The van der Waals surface area contributed by atoms with Crippen molar-refractivity contribution < 1.29 is 32.0 Å². The van der Waals surface area contributed by atoms with Gasteiger partial charge in [0.05, 0.1) is 0 Å². The van der Waals surface area contributed by atoms with Gasteiger partial charge in [-0.25, -0.2) is 0 Å². The first-order valence-electron chi connectivity index (χ1n) is 16.4. The highest BCUT2D eigenvalue weighted by atomic mass is 32.2. The lowest BCUT2D eigenvalue weighted by Crippen LogP contribution is -2.53. The lowest BCUT2D eigenvalue weighted by molar-refractivity contribution is -0.179. The molecule has 2 aliphatic heterocycles. The third-order valence-electron chi connectivity index (χ3n) is 9.71. The zero-order valence-electron chi connectivity index (χ0n) is 27.7. The van der Waals surface area contributed by atoms with Gasteiger partial charge >= 0.3 is 16.3 Å². The minimum Gasteiger partial charge on any atom is -0.508 e. The summed E-state index contributed by atoms with van der Waals surface area (Å²) in [7, 11) is -2.03. The first kappa shape index (κ1) is 34.7. The molecule has 2 atom stereocenters. The van der Waals surface area contributed by atoms with Gasteiger partial charge in [0.15, 0.2) is 11.0 Å². The molecule has 5 rings (SSSR count). The van der Waals surface area contributed by atoms with Crippen LogP contribution in [-0.2, 0) is 36.5 Å². The summed E-state index contributed by atoms with van der Waals surface area (Å²) >= 11 is 1.19. The maximum Gasteiger partial charge on any atom is 0.385 e. The maximum absolute atomic E-state index is 14.0. The number of aromatic hydroxyl groups is 1. The number of likely N-dealkylation sites (N-methyl/N-ethyl adjacent to an activating group) is 1. The van der Waals surface area contributed by atoms with E-state index in [4.69, 9.17) is 8.92 Å². The summed E-state index contributed by atoms with van der Waals surface area (Å²) in [4.78, 5) is 30.6. The van der Waals surface area contributed by atoms with Gasteiger partial charge in [-0.2, -0.15) is 12.7 Å². The van der Waals surface area contributed by atoms with Crippen LogP contribution in [0.15, 0.2) is 41.3 Å². The second-order valence-electron chi connectivity index (χ2n) is 14.2. The number of hydrogen-bond acceptors (Lipinski definition) is 9. The first-order chi connectivity index (χ1) is 21.7. The summed E-state index contributed by atoms with van der Waals surface area (Å²) in [6.07, 6.45) is 6.49. The molecule has 0 amide bonds. The summed E-state index contributed by atoms with van der Waals surface area (Å²) in [5.74, 6) is -0.0633. The Kier molecular flexibility index (Phi) is 10.5. The Morgan fingerprint density at radius 2 is 1.67 bits per heavy atom. The number of ether oxygens (including phenoxy) is 1. The average Bonchev–Trinajstić information content (AvgIpc) is 3.00. The number of Topliss-reactive ketones (excluding diaryl/α,β-unsaturated/α-hetero) is 1. The van der Waals surface area contributed by atoms with Gasteiger partial charge in [-0.3, -0.25) is 9.59 Å². The SMILES string of the molecule is Cc1cc(SC2C(=O)CC(CCc3ccc(O)cc3)(C3CCCCC3)OC2=O)c(C(C)(C)C)cc1OS(=O)(=O)N1CCN(C)CC1. The van der Waals surface area contributed by atoms with Crippen molar-refractivity contribution in [1.29, 1.82) is 0 Å². The zero-order chi connectivity index (χ0) is 33.3. The number of piperazine rings is 1. The van der Waals surface area contributed by atoms with Gasteiger partial charge in [0.1, 0.15) is 17.1 Å². The molecule has 46 heavy (non-hydrogen) atoms. The second kappa shape index (κ2) is 13.9. The Labute approximate surface area is 278 Å². The van der Waals surface area contributed by atoms with Crippen LogP contribution >= 0.6 is 11.8 Å². The van der Waals surface area contributed by atoms with Crippen molar-refractivity contribution in [2.45, 2.75) is 100 Å². The molecule has 3 fully saturated rings. The van der Waals surface area contributed by atoms with E-state index >= 15 is 0 Å². The molecule has 9 nitrogen and oxygen atoms in total. The predicted octanol–water partition coefficient (Wildman–Crippen LogP) is 5.80. The van der Waals surface area contributed by atoms with Gasteiger partial charge in [0.2, 0.25) is 0 Å². The fraction of sp³-hybridized carbons (Fsp3) is 0.600. The largest absolute Gasteiger partial charge is 0.508 e. The molecule has 2 aromatic rings. The molecular weight excluding hydrogens is 625 g/mol. The van der Waals surface area contributed by atoms with Crippen LogP contribution in [0.25, 0.3) is 0 Å². The number of nitrogens with zero attached hydrogens (tertiary/aromatic N) is 2. The lowest BCUT2D eigenvalue weighted by atomic mass is 9.70. The highest BCUT2D eigenvalue weighted by Crippen LogP contribution is 2.47.